The zero-order chi connectivity index (χ0) is 22.2. The fourth-order valence-electron chi connectivity index (χ4n) is 4.69. The number of nitrogens with zero attached hydrogens (tertiary/aromatic N) is 2. The van der Waals surface area contributed by atoms with Gasteiger partial charge in [-0.25, -0.2) is 0 Å². The third-order valence-electron chi connectivity index (χ3n) is 6.27. The van der Waals surface area contributed by atoms with Gasteiger partial charge in [0.1, 0.15) is 5.75 Å². The lowest BCUT2D eigenvalue weighted by Gasteiger charge is -2.23. The van der Waals surface area contributed by atoms with Gasteiger partial charge in [0, 0.05) is 36.4 Å². The van der Waals surface area contributed by atoms with Crippen molar-refractivity contribution in [2.24, 2.45) is 0 Å². The van der Waals surface area contributed by atoms with Crippen molar-refractivity contribution in [2.45, 2.75) is 37.6 Å². The average molecular weight is 483 g/mol. The normalized spacial score (nSPS) is 16.9. The van der Waals surface area contributed by atoms with E-state index in [1.807, 2.05) is 60.3 Å². The van der Waals surface area contributed by atoms with Crippen molar-refractivity contribution in [1.82, 2.24) is 4.90 Å². The number of benzene rings is 2. The molecule has 0 unspecified atom stereocenters. The smallest absolute Gasteiger partial charge is 0.238 e. The Kier molecular flexibility index (Phi) is 5.93. The van der Waals surface area contributed by atoms with E-state index in [-0.39, 0.29) is 11.7 Å². The first-order valence-electron chi connectivity index (χ1n) is 10.5. The lowest BCUT2D eigenvalue weighted by molar-refractivity contribution is -0.123. The molecular weight excluding hydrogens is 456 g/mol. The quantitative estimate of drug-likeness (QED) is 0.425. The molecule has 0 bridgehead atoms. The second-order valence-electron chi connectivity index (χ2n) is 8.53. The summed E-state index contributed by atoms with van der Waals surface area (Å²) in [7, 11) is 5.40. The van der Waals surface area contributed by atoms with Gasteiger partial charge in [-0.3, -0.25) is 9.59 Å². The van der Waals surface area contributed by atoms with E-state index in [2.05, 4.69) is 15.9 Å². The molecule has 1 fully saturated rings. The maximum absolute atomic E-state index is 13.7. The van der Waals surface area contributed by atoms with Crippen molar-refractivity contribution >= 4 is 33.3 Å². The molecule has 2 aliphatic rings. The minimum atomic E-state index is -0.522. The molecule has 4 rings (SSSR count). The van der Waals surface area contributed by atoms with E-state index in [1.54, 1.807) is 19.4 Å². The second kappa shape index (κ2) is 8.50. The van der Waals surface area contributed by atoms with E-state index in [0.29, 0.717) is 12.1 Å². The Morgan fingerprint density at radius 3 is 2.48 bits per heavy atom. The van der Waals surface area contributed by atoms with E-state index in [4.69, 9.17) is 4.74 Å². The molecule has 1 aliphatic carbocycles. The topological polar surface area (TPSA) is 49.9 Å². The number of ketones is 1. The van der Waals surface area contributed by atoms with Crippen LogP contribution in [0, 0.1) is 0 Å². The van der Waals surface area contributed by atoms with Crippen LogP contribution in [0.5, 0.6) is 5.75 Å². The van der Waals surface area contributed by atoms with Gasteiger partial charge >= 0.3 is 0 Å². The molecule has 6 heteroatoms. The number of rotatable bonds is 6. The van der Waals surface area contributed by atoms with Crippen LogP contribution in [0.1, 0.15) is 47.2 Å². The van der Waals surface area contributed by atoms with E-state index in [0.717, 1.165) is 52.7 Å². The number of ether oxygens (including phenoxy) is 1. The summed E-state index contributed by atoms with van der Waals surface area (Å²) in [6.45, 7) is 0.490. The van der Waals surface area contributed by atoms with Crippen LogP contribution < -0.4 is 9.64 Å². The van der Waals surface area contributed by atoms with Gasteiger partial charge in [-0.05, 0) is 64.2 Å². The average Bonchev–Trinajstić information content (AvgIpc) is 3.34. The van der Waals surface area contributed by atoms with E-state index in [1.165, 1.54) is 0 Å². The predicted molar refractivity (Wildman–Crippen MR) is 126 cm³/mol. The second-order valence-corrected chi connectivity index (χ2v) is 9.38. The van der Waals surface area contributed by atoms with Gasteiger partial charge in [-0.15, -0.1) is 0 Å². The number of fused-ring (bicyclic) bond motifs is 2. The van der Waals surface area contributed by atoms with Crippen LogP contribution in [0.4, 0.5) is 5.69 Å². The highest BCUT2D eigenvalue weighted by atomic mass is 79.9. The molecule has 0 radical (unpaired) electrons. The predicted octanol–water partition coefficient (Wildman–Crippen LogP) is 5.07. The number of carbonyl (C=O) groups excluding carboxylic acids is 2. The Balaban J connectivity index is 1.76. The first-order chi connectivity index (χ1) is 14.9. The molecule has 2 aromatic rings. The van der Waals surface area contributed by atoms with Gasteiger partial charge in [-0.1, -0.05) is 25.0 Å². The van der Waals surface area contributed by atoms with Gasteiger partial charge in [0.2, 0.25) is 5.91 Å². The summed E-state index contributed by atoms with van der Waals surface area (Å²) >= 11 is 3.68. The van der Waals surface area contributed by atoms with Crippen molar-refractivity contribution < 1.29 is 14.3 Å². The molecule has 1 aliphatic heterocycles. The fourth-order valence-corrected chi connectivity index (χ4v) is 5.37. The van der Waals surface area contributed by atoms with Crippen molar-refractivity contribution in [3.8, 4) is 5.75 Å². The van der Waals surface area contributed by atoms with Crippen molar-refractivity contribution in [1.29, 1.82) is 0 Å². The maximum atomic E-state index is 13.7. The van der Waals surface area contributed by atoms with Gasteiger partial charge in [0.05, 0.1) is 24.8 Å². The van der Waals surface area contributed by atoms with Crippen molar-refractivity contribution in [3.63, 3.8) is 0 Å². The number of methoxy groups -OCH3 is 1. The minimum absolute atomic E-state index is 0.0635. The summed E-state index contributed by atoms with van der Waals surface area (Å²) in [4.78, 5) is 30.2. The number of anilines is 1. The lowest BCUT2D eigenvalue weighted by Crippen LogP contribution is -2.38. The monoisotopic (exact) mass is 482 g/mol. The number of hydrogen-bond acceptors (Lipinski definition) is 4. The van der Waals surface area contributed by atoms with Crippen LogP contribution in [0.2, 0.25) is 0 Å². The Hall–Kier alpha value is -2.60. The SMILES string of the molecule is COc1ccc(CN2C(=O)C3(CCCC3)c3cc(C(=O)/C=C/N(C)C)cc(Br)c32)cc1. The molecule has 31 heavy (non-hydrogen) atoms. The zero-order valence-corrected chi connectivity index (χ0v) is 19.7. The molecule has 0 aromatic heterocycles. The molecule has 1 spiro atoms. The van der Waals surface area contributed by atoms with Crippen LogP contribution in [-0.4, -0.2) is 37.8 Å². The van der Waals surface area contributed by atoms with Crippen LogP contribution in [0.15, 0.2) is 53.1 Å². The maximum Gasteiger partial charge on any atom is 0.238 e. The highest BCUT2D eigenvalue weighted by Gasteiger charge is 2.53. The van der Waals surface area contributed by atoms with Crippen LogP contribution in [-0.2, 0) is 16.8 Å². The zero-order valence-electron chi connectivity index (χ0n) is 18.2. The third-order valence-corrected chi connectivity index (χ3v) is 6.87. The summed E-state index contributed by atoms with van der Waals surface area (Å²) in [5.74, 6) is 0.871. The molecule has 1 heterocycles. The summed E-state index contributed by atoms with van der Waals surface area (Å²) in [6, 6.07) is 11.6. The first-order valence-corrected chi connectivity index (χ1v) is 11.3. The number of amides is 1. The Morgan fingerprint density at radius 2 is 1.87 bits per heavy atom. The number of halogens is 1. The summed E-state index contributed by atoms with van der Waals surface area (Å²) in [5, 5.41) is 0. The number of allylic oxidation sites excluding steroid dienone is 1. The molecule has 1 amide bonds. The molecule has 162 valence electrons. The molecule has 1 saturated carbocycles. The van der Waals surface area contributed by atoms with Crippen molar-refractivity contribution in [2.75, 3.05) is 26.1 Å². The summed E-state index contributed by atoms with van der Waals surface area (Å²) < 4.78 is 6.04. The molecular formula is C25H27BrN2O3. The lowest BCUT2D eigenvalue weighted by atomic mass is 9.79. The number of carbonyl (C=O) groups is 2. The van der Waals surface area contributed by atoms with E-state index in [9.17, 15) is 9.59 Å². The molecule has 5 nitrogen and oxygen atoms in total. The first kappa shape index (κ1) is 21.6. The Morgan fingerprint density at radius 1 is 1.19 bits per heavy atom. The standard InChI is InChI=1S/C25H27BrN2O3/c1-27(2)13-10-22(29)18-14-20-23(21(26)15-18)28(24(30)25(20)11-4-5-12-25)16-17-6-8-19(31-3)9-7-17/h6-10,13-15H,4-5,11-12,16H2,1-3H3/b13-10+. The van der Waals surface area contributed by atoms with Gasteiger partial charge in [0.15, 0.2) is 5.78 Å². The molecule has 2 aromatic carbocycles. The minimum Gasteiger partial charge on any atom is -0.497 e. The Bertz CT molecular complexity index is 1040. The summed E-state index contributed by atoms with van der Waals surface area (Å²) in [5.41, 5.74) is 3.01. The van der Waals surface area contributed by atoms with Crippen LogP contribution in [0.3, 0.4) is 0 Å². The summed E-state index contributed by atoms with van der Waals surface area (Å²) in [6.07, 6.45) is 7.03. The molecule has 0 atom stereocenters. The highest BCUT2D eigenvalue weighted by molar-refractivity contribution is 9.10. The van der Waals surface area contributed by atoms with Crippen LogP contribution >= 0.6 is 15.9 Å². The molecule has 0 N–H and O–H groups in total. The van der Waals surface area contributed by atoms with Gasteiger partial charge in [-0.2, -0.15) is 0 Å². The van der Waals surface area contributed by atoms with E-state index >= 15 is 0 Å². The van der Waals surface area contributed by atoms with Gasteiger partial charge < -0.3 is 14.5 Å². The largest absolute Gasteiger partial charge is 0.497 e. The van der Waals surface area contributed by atoms with Crippen LogP contribution in [0.25, 0.3) is 0 Å². The van der Waals surface area contributed by atoms with Crippen molar-refractivity contribution in [3.05, 3.63) is 69.8 Å². The fraction of sp³-hybridized carbons (Fsp3) is 0.360. The molecule has 0 saturated heterocycles. The third kappa shape index (κ3) is 3.89. The highest BCUT2D eigenvalue weighted by Crippen LogP contribution is 2.54. The number of hydrogen-bond donors (Lipinski definition) is 0. The van der Waals surface area contributed by atoms with E-state index < -0.39 is 5.41 Å². The van der Waals surface area contributed by atoms with Gasteiger partial charge in [0.25, 0.3) is 0 Å². The Labute approximate surface area is 191 Å².